The number of hydrogen-bond donors (Lipinski definition) is 1. The van der Waals surface area contributed by atoms with Crippen LogP contribution in [-0.2, 0) is 9.84 Å². The first kappa shape index (κ1) is 18.6. The van der Waals surface area contributed by atoms with Crippen LogP contribution in [0.2, 0.25) is 5.02 Å². The molecule has 0 bridgehead atoms. The number of nitrogens with zero attached hydrogens (tertiary/aromatic N) is 1. The molecule has 3 aromatic rings. The lowest BCUT2D eigenvalue weighted by molar-refractivity contribution is 0.102. The molecule has 0 spiro atoms. The van der Waals surface area contributed by atoms with Crippen LogP contribution in [0, 0.1) is 6.92 Å². The van der Waals surface area contributed by atoms with E-state index in [4.69, 9.17) is 11.6 Å². The summed E-state index contributed by atoms with van der Waals surface area (Å²) in [6.07, 6.45) is 1.10. The SMILES string of the molecule is Cc1sc(NC(=O)c2cccc(S(C)(=O)=O)c2)nc1-c1ccc(Cl)cc1. The van der Waals surface area contributed by atoms with E-state index in [0.717, 1.165) is 22.4 Å². The molecule has 8 heteroatoms. The summed E-state index contributed by atoms with van der Waals surface area (Å²) in [5.74, 6) is -0.410. The molecule has 0 unspecified atom stereocenters. The second-order valence-corrected chi connectivity index (χ2v) is 9.34. The highest BCUT2D eigenvalue weighted by Gasteiger charge is 2.15. The minimum atomic E-state index is -3.38. The third-order valence-electron chi connectivity index (χ3n) is 3.66. The summed E-state index contributed by atoms with van der Waals surface area (Å²) in [5, 5.41) is 3.81. The molecule has 134 valence electrons. The summed E-state index contributed by atoms with van der Waals surface area (Å²) in [5.41, 5.74) is 1.93. The Morgan fingerprint density at radius 2 is 1.85 bits per heavy atom. The number of nitrogens with one attached hydrogen (secondary N) is 1. The van der Waals surface area contributed by atoms with Crippen molar-refractivity contribution in [3.8, 4) is 11.3 Å². The number of halogens is 1. The predicted molar refractivity (Wildman–Crippen MR) is 105 cm³/mol. The van der Waals surface area contributed by atoms with E-state index in [1.54, 1.807) is 18.2 Å². The Morgan fingerprint density at radius 3 is 2.50 bits per heavy atom. The molecule has 1 N–H and O–H groups in total. The third kappa shape index (κ3) is 4.12. The lowest BCUT2D eigenvalue weighted by Gasteiger charge is -2.04. The van der Waals surface area contributed by atoms with Crippen LogP contribution < -0.4 is 5.32 Å². The first-order valence-corrected chi connectivity index (χ1v) is 10.7. The van der Waals surface area contributed by atoms with Crippen LogP contribution in [0.15, 0.2) is 53.4 Å². The Labute approximate surface area is 160 Å². The van der Waals surface area contributed by atoms with E-state index in [1.807, 2.05) is 19.1 Å². The molecule has 5 nitrogen and oxygen atoms in total. The van der Waals surface area contributed by atoms with E-state index in [0.29, 0.717) is 10.2 Å². The maximum Gasteiger partial charge on any atom is 0.257 e. The lowest BCUT2D eigenvalue weighted by Crippen LogP contribution is -2.12. The number of aromatic nitrogens is 1. The van der Waals surface area contributed by atoms with Crippen LogP contribution in [0.1, 0.15) is 15.2 Å². The van der Waals surface area contributed by atoms with E-state index < -0.39 is 15.7 Å². The standard InChI is InChI=1S/C18H15ClN2O3S2/c1-11-16(12-6-8-14(19)9-7-12)20-18(25-11)21-17(22)13-4-3-5-15(10-13)26(2,23)24/h3-10H,1-2H3,(H,20,21,22). The number of sulfone groups is 1. The summed E-state index contributed by atoms with van der Waals surface area (Å²) in [6.45, 7) is 1.92. The van der Waals surface area contributed by atoms with E-state index in [1.165, 1.54) is 29.5 Å². The van der Waals surface area contributed by atoms with Crippen molar-refractivity contribution in [1.29, 1.82) is 0 Å². The van der Waals surface area contributed by atoms with Gasteiger partial charge in [0.15, 0.2) is 15.0 Å². The van der Waals surface area contributed by atoms with Gasteiger partial charge in [0.25, 0.3) is 5.91 Å². The number of aryl methyl sites for hydroxylation is 1. The third-order valence-corrected chi connectivity index (χ3v) is 5.91. The maximum absolute atomic E-state index is 12.4. The van der Waals surface area contributed by atoms with E-state index in [-0.39, 0.29) is 10.5 Å². The first-order chi connectivity index (χ1) is 12.2. The molecule has 0 aliphatic carbocycles. The fourth-order valence-electron chi connectivity index (χ4n) is 2.36. The molecule has 2 aromatic carbocycles. The van der Waals surface area contributed by atoms with Gasteiger partial charge >= 0.3 is 0 Å². The van der Waals surface area contributed by atoms with Crippen LogP contribution >= 0.6 is 22.9 Å². The summed E-state index contributed by atoms with van der Waals surface area (Å²) < 4.78 is 23.3. The zero-order valence-electron chi connectivity index (χ0n) is 14.0. The lowest BCUT2D eigenvalue weighted by atomic mass is 10.1. The largest absolute Gasteiger partial charge is 0.298 e. The molecular weight excluding hydrogens is 392 g/mol. The Bertz CT molecular complexity index is 1070. The predicted octanol–water partition coefficient (Wildman–Crippen LogP) is 4.43. The minimum Gasteiger partial charge on any atom is -0.298 e. The van der Waals surface area contributed by atoms with Gasteiger partial charge in [0.1, 0.15) is 0 Å². The molecule has 0 atom stereocenters. The first-order valence-electron chi connectivity index (χ1n) is 7.59. The quantitative estimate of drug-likeness (QED) is 0.695. The summed E-state index contributed by atoms with van der Waals surface area (Å²) in [6, 6.07) is 13.2. The Kier molecular flexibility index (Phi) is 5.13. The molecule has 1 aromatic heterocycles. The molecule has 1 heterocycles. The molecule has 0 saturated heterocycles. The van der Waals surface area contributed by atoms with Gasteiger partial charge in [-0.3, -0.25) is 10.1 Å². The van der Waals surface area contributed by atoms with Crippen molar-refractivity contribution in [2.24, 2.45) is 0 Å². The number of carbonyl (C=O) groups is 1. The molecule has 0 fully saturated rings. The maximum atomic E-state index is 12.4. The second kappa shape index (κ2) is 7.19. The second-order valence-electron chi connectivity index (χ2n) is 5.68. The highest BCUT2D eigenvalue weighted by molar-refractivity contribution is 7.90. The van der Waals surface area contributed by atoms with Crippen LogP contribution in [0.4, 0.5) is 5.13 Å². The average Bonchev–Trinajstić information content (AvgIpc) is 2.95. The van der Waals surface area contributed by atoms with Gasteiger partial charge < -0.3 is 0 Å². The Balaban J connectivity index is 1.85. The van der Waals surface area contributed by atoms with Crippen molar-refractivity contribution in [3.63, 3.8) is 0 Å². The average molecular weight is 407 g/mol. The fourth-order valence-corrected chi connectivity index (χ4v) is 3.99. The van der Waals surface area contributed by atoms with E-state index >= 15 is 0 Å². The minimum absolute atomic E-state index is 0.0994. The van der Waals surface area contributed by atoms with Crippen LogP contribution in [-0.4, -0.2) is 25.6 Å². The molecular formula is C18H15ClN2O3S2. The van der Waals surface area contributed by atoms with Gasteiger partial charge in [-0.1, -0.05) is 29.8 Å². The van der Waals surface area contributed by atoms with Gasteiger partial charge in [-0.25, -0.2) is 13.4 Å². The molecule has 1 amide bonds. The van der Waals surface area contributed by atoms with Gasteiger partial charge in [0.05, 0.1) is 10.6 Å². The van der Waals surface area contributed by atoms with E-state index in [9.17, 15) is 13.2 Å². The Hall–Kier alpha value is -2.22. The number of anilines is 1. The zero-order valence-corrected chi connectivity index (χ0v) is 16.4. The smallest absolute Gasteiger partial charge is 0.257 e. The monoisotopic (exact) mass is 406 g/mol. The number of benzene rings is 2. The van der Waals surface area contributed by atoms with Crippen molar-refractivity contribution in [1.82, 2.24) is 4.98 Å². The van der Waals surface area contributed by atoms with Crippen molar-refractivity contribution >= 4 is 43.8 Å². The molecule has 26 heavy (non-hydrogen) atoms. The van der Waals surface area contributed by atoms with Crippen LogP contribution in [0.25, 0.3) is 11.3 Å². The van der Waals surface area contributed by atoms with Crippen molar-refractivity contribution in [2.75, 3.05) is 11.6 Å². The van der Waals surface area contributed by atoms with Crippen molar-refractivity contribution < 1.29 is 13.2 Å². The van der Waals surface area contributed by atoms with E-state index in [2.05, 4.69) is 10.3 Å². The van der Waals surface area contributed by atoms with Gasteiger partial charge in [-0.05, 0) is 37.3 Å². The molecule has 0 saturated carbocycles. The van der Waals surface area contributed by atoms with Gasteiger partial charge in [-0.15, -0.1) is 11.3 Å². The number of thiazole rings is 1. The Morgan fingerprint density at radius 1 is 1.15 bits per heavy atom. The van der Waals surface area contributed by atoms with Crippen molar-refractivity contribution in [3.05, 3.63) is 64.0 Å². The number of amides is 1. The topological polar surface area (TPSA) is 76.1 Å². The van der Waals surface area contributed by atoms with Crippen LogP contribution in [0.3, 0.4) is 0 Å². The van der Waals surface area contributed by atoms with Gasteiger partial charge in [0.2, 0.25) is 0 Å². The number of rotatable bonds is 4. The molecule has 0 aliphatic rings. The van der Waals surface area contributed by atoms with Crippen molar-refractivity contribution in [2.45, 2.75) is 11.8 Å². The summed E-state index contributed by atoms with van der Waals surface area (Å²) in [7, 11) is -3.38. The van der Waals surface area contributed by atoms with Gasteiger partial charge in [0, 0.05) is 27.3 Å². The van der Waals surface area contributed by atoms with Crippen LogP contribution in [0.5, 0.6) is 0 Å². The molecule has 0 radical (unpaired) electrons. The highest BCUT2D eigenvalue weighted by Crippen LogP contribution is 2.31. The highest BCUT2D eigenvalue weighted by atomic mass is 35.5. The summed E-state index contributed by atoms with van der Waals surface area (Å²) >= 11 is 7.26. The molecule has 0 aliphatic heterocycles. The zero-order chi connectivity index (χ0) is 18.9. The number of carbonyl (C=O) groups excluding carboxylic acids is 1. The van der Waals surface area contributed by atoms with Gasteiger partial charge in [-0.2, -0.15) is 0 Å². The number of hydrogen-bond acceptors (Lipinski definition) is 5. The molecule has 3 rings (SSSR count). The fraction of sp³-hybridized carbons (Fsp3) is 0.111. The normalized spacial score (nSPS) is 11.3. The summed E-state index contributed by atoms with van der Waals surface area (Å²) in [4.78, 5) is 18.0.